The van der Waals surface area contributed by atoms with Crippen molar-refractivity contribution in [1.82, 2.24) is 15.1 Å². The molecule has 2 rings (SSSR count). The van der Waals surface area contributed by atoms with E-state index in [1.165, 1.54) is 18.5 Å². The second-order valence-corrected chi connectivity index (χ2v) is 7.71. The van der Waals surface area contributed by atoms with E-state index in [1.54, 1.807) is 0 Å². The highest BCUT2D eigenvalue weighted by Crippen LogP contribution is 2.30. The third-order valence-corrected chi connectivity index (χ3v) is 4.89. The van der Waals surface area contributed by atoms with Crippen molar-refractivity contribution in [3.05, 3.63) is 18.0 Å². The lowest BCUT2D eigenvalue weighted by atomic mass is 9.78. The number of nitrogens with one attached hydrogen (secondary N) is 1. The molecule has 1 heterocycles. The third kappa shape index (κ3) is 4.84. The molecule has 0 amide bonds. The van der Waals surface area contributed by atoms with Gasteiger partial charge < -0.3 is 5.32 Å². The van der Waals surface area contributed by atoms with Gasteiger partial charge >= 0.3 is 0 Å². The normalized spacial score (nSPS) is 17.4. The van der Waals surface area contributed by atoms with Crippen molar-refractivity contribution in [2.75, 3.05) is 6.54 Å². The monoisotopic (exact) mass is 291 g/mol. The number of nitrogens with zero attached hydrogens (tertiary/aromatic N) is 2. The Bertz CT molecular complexity index is 422. The Labute approximate surface area is 130 Å². The van der Waals surface area contributed by atoms with Crippen molar-refractivity contribution in [2.24, 2.45) is 11.3 Å². The highest BCUT2D eigenvalue weighted by Gasteiger charge is 2.28. The molecule has 1 aromatic heterocycles. The van der Waals surface area contributed by atoms with Gasteiger partial charge in [0.15, 0.2) is 0 Å². The minimum Gasteiger partial charge on any atom is -0.314 e. The number of hydrogen-bond acceptors (Lipinski definition) is 2. The summed E-state index contributed by atoms with van der Waals surface area (Å²) in [6.07, 6.45) is 8.28. The average molecular weight is 291 g/mol. The van der Waals surface area contributed by atoms with Crippen molar-refractivity contribution in [2.45, 2.75) is 78.8 Å². The van der Waals surface area contributed by atoms with Crippen LogP contribution in [0, 0.1) is 11.3 Å². The molecule has 1 aliphatic carbocycles. The lowest BCUT2D eigenvalue weighted by molar-refractivity contribution is 0.228. The van der Waals surface area contributed by atoms with Gasteiger partial charge in [-0.25, -0.2) is 0 Å². The maximum Gasteiger partial charge on any atom is 0.0628 e. The zero-order chi connectivity index (χ0) is 15.5. The number of hydrogen-bond donors (Lipinski definition) is 1. The van der Waals surface area contributed by atoms with Gasteiger partial charge in [0.2, 0.25) is 0 Å². The zero-order valence-electron chi connectivity index (χ0n) is 14.5. The minimum absolute atomic E-state index is 0.320. The first kappa shape index (κ1) is 16.5. The summed E-state index contributed by atoms with van der Waals surface area (Å²) in [5.74, 6) is 0.642. The topological polar surface area (TPSA) is 29.9 Å². The quantitative estimate of drug-likeness (QED) is 0.778. The van der Waals surface area contributed by atoms with E-state index in [-0.39, 0.29) is 0 Å². The first-order chi connectivity index (χ1) is 9.94. The predicted molar refractivity (Wildman–Crippen MR) is 89.5 cm³/mol. The summed E-state index contributed by atoms with van der Waals surface area (Å²) in [6.45, 7) is 12.7. The van der Waals surface area contributed by atoms with E-state index in [0.29, 0.717) is 17.4 Å². The van der Waals surface area contributed by atoms with Gasteiger partial charge in [-0.2, -0.15) is 5.10 Å². The second kappa shape index (κ2) is 6.95. The Hall–Kier alpha value is -0.830. The Morgan fingerprint density at radius 1 is 1.29 bits per heavy atom. The van der Waals surface area contributed by atoms with Crippen LogP contribution in [0.25, 0.3) is 0 Å². The lowest BCUT2D eigenvalue weighted by Gasteiger charge is -2.30. The van der Waals surface area contributed by atoms with Crippen LogP contribution in [0.4, 0.5) is 0 Å². The highest BCUT2D eigenvalue weighted by molar-refractivity contribution is 5.03. The fourth-order valence-electron chi connectivity index (χ4n) is 2.89. The summed E-state index contributed by atoms with van der Waals surface area (Å²) in [5, 5.41) is 8.54. The standard InChI is InChI=1S/C18H33N3/c1-6-17(7-2)21-11-10-16(20-21)12-14(18(3,4)5)13-19-15-8-9-15/h10-11,14-15,17,19H,6-9,12-13H2,1-5H3. The molecule has 1 atom stereocenters. The maximum atomic E-state index is 4.84. The van der Waals surface area contributed by atoms with Gasteiger partial charge in [-0.1, -0.05) is 34.6 Å². The van der Waals surface area contributed by atoms with Crippen molar-refractivity contribution in [3.63, 3.8) is 0 Å². The first-order valence-corrected chi connectivity index (χ1v) is 8.71. The van der Waals surface area contributed by atoms with Gasteiger partial charge in [-0.05, 0) is 56.0 Å². The van der Waals surface area contributed by atoms with Gasteiger partial charge in [-0.15, -0.1) is 0 Å². The van der Waals surface area contributed by atoms with E-state index in [9.17, 15) is 0 Å². The molecule has 1 aromatic rings. The van der Waals surface area contributed by atoms with Crippen LogP contribution in [0.3, 0.4) is 0 Å². The molecule has 0 saturated heterocycles. The highest BCUT2D eigenvalue weighted by atomic mass is 15.3. The minimum atomic E-state index is 0.320. The third-order valence-electron chi connectivity index (χ3n) is 4.89. The molecule has 0 bridgehead atoms. The van der Waals surface area contributed by atoms with Gasteiger partial charge in [0, 0.05) is 12.2 Å². The largest absolute Gasteiger partial charge is 0.314 e. The first-order valence-electron chi connectivity index (χ1n) is 8.71. The summed E-state index contributed by atoms with van der Waals surface area (Å²) < 4.78 is 2.17. The smallest absolute Gasteiger partial charge is 0.0628 e. The van der Waals surface area contributed by atoms with E-state index in [1.807, 2.05) is 0 Å². The van der Waals surface area contributed by atoms with Crippen molar-refractivity contribution >= 4 is 0 Å². The van der Waals surface area contributed by atoms with Crippen LogP contribution in [-0.4, -0.2) is 22.4 Å². The van der Waals surface area contributed by atoms with E-state index in [4.69, 9.17) is 5.10 Å². The fraction of sp³-hybridized carbons (Fsp3) is 0.833. The molecule has 0 aliphatic heterocycles. The van der Waals surface area contributed by atoms with Crippen LogP contribution in [0.2, 0.25) is 0 Å². The van der Waals surface area contributed by atoms with E-state index >= 15 is 0 Å². The van der Waals surface area contributed by atoms with E-state index in [0.717, 1.165) is 31.8 Å². The van der Waals surface area contributed by atoms with Crippen LogP contribution in [0.15, 0.2) is 12.3 Å². The molecule has 1 fully saturated rings. The van der Waals surface area contributed by atoms with Crippen molar-refractivity contribution < 1.29 is 0 Å². The van der Waals surface area contributed by atoms with Crippen LogP contribution in [0.5, 0.6) is 0 Å². The molecule has 1 saturated carbocycles. The Balaban J connectivity index is 1.98. The van der Waals surface area contributed by atoms with Crippen molar-refractivity contribution in [3.8, 4) is 0 Å². The van der Waals surface area contributed by atoms with Gasteiger partial charge in [0.05, 0.1) is 11.7 Å². The van der Waals surface area contributed by atoms with Crippen molar-refractivity contribution in [1.29, 1.82) is 0 Å². The molecule has 3 heteroatoms. The van der Waals surface area contributed by atoms with Gasteiger partial charge in [0.1, 0.15) is 0 Å². The summed E-state index contributed by atoms with van der Waals surface area (Å²) >= 11 is 0. The summed E-state index contributed by atoms with van der Waals surface area (Å²) in [6, 6.07) is 3.56. The molecule has 1 N–H and O–H groups in total. The SMILES string of the molecule is CCC(CC)n1ccc(CC(CNC2CC2)C(C)(C)C)n1. The molecular weight excluding hydrogens is 258 g/mol. The van der Waals surface area contributed by atoms with Crippen LogP contribution < -0.4 is 5.32 Å². The Kier molecular flexibility index (Phi) is 5.48. The van der Waals surface area contributed by atoms with E-state index < -0.39 is 0 Å². The summed E-state index contributed by atoms with van der Waals surface area (Å²) in [7, 11) is 0. The fourth-order valence-corrected chi connectivity index (χ4v) is 2.89. The average Bonchev–Trinajstić information content (AvgIpc) is 3.14. The molecule has 120 valence electrons. The molecular formula is C18H33N3. The number of aromatic nitrogens is 2. The van der Waals surface area contributed by atoms with Crippen LogP contribution in [0.1, 0.15) is 72.0 Å². The molecule has 3 nitrogen and oxygen atoms in total. The zero-order valence-corrected chi connectivity index (χ0v) is 14.5. The molecule has 1 aliphatic rings. The second-order valence-electron chi connectivity index (χ2n) is 7.71. The molecule has 0 spiro atoms. The van der Waals surface area contributed by atoms with Gasteiger partial charge in [-0.3, -0.25) is 4.68 Å². The predicted octanol–water partition coefficient (Wildman–Crippen LogP) is 4.20. The van der Waals surface area contributed by atoms with Crippen LogP contribution in [-0.2, 0) is 6.42 Å². The van der Waals surface area contributed by atoms with Crippen LogP contribution >= 0.6 is 0 Å². The van der Waals surface area contributed by atoms with E-state index in [2.05, 4.69) is 56.9 Å². The summed E-state index contributed by atoms with van der Waals surface area (Å²) in [4.78, 5) is 0. The van der Waals surface area contributed by atoms with Gasteiger partial charge in [0.25, 0.3) is 0 Å². The Morgan fingerprint density at radius 2 is 1.95 bits per heavy atom. The number of rotatable bonds is 8. The molecule has 0 aromatic carbocycles. The summed E-state index contributed by atoms with van der Waals surface area (Å²) in [5.41, 5.74) is 1.57. The maximum absolute atomic E-state index is 4.84. The molecule has 0 radical (unpaired) electrons. The molecule has 1 unspecified atom stereocenters. The Morgan fingerprint density at radius 3 is 2.48 bits per heavy atom. The lowest BCUT2D eigenvalue weighted by Crippen LogP contribution is -2.34. The molecule has 21 heavy (non-hydrogen) atoms.